The molecule has 30 heavy (non-hydrogen) atoms. The van der Waals surface area contributed by atoms with Gasteiger partial charge in [-0.25, -0.2) is 4.98 Å². The molecule has 0 atom stereocenters. The van der Waals surface area contributed by atoms with E-state index in [-0.39, 0.29) is 18.5 Å². The van der Waals surface area contributed by atoms with E-state index in [2.05, 4.69) is 26.1 Å². The monoisotopic (exact) mass is 411 g/mol. The van der Waals surface area contributed by atoms with Crippen LogP contribution in [0.15, 0.2) is 42.5 Å². The Morgan fingerprint density at radius 3 is 2.30 bits per heavy atom. The fourth-order valence-corrected chi connectivity index (χ4v) is 2.67. The van der Waals surface area contributed by atoms with Crippen LogP contribution in [0.25, 0.3) is 11.0 Å². The lowest BCUT2D eigenvalue weighted by atomic mass is 10.2. The molecule has 3 amide bonds. The molecule has 0 spiro atoms. The van der Waals surface area contributed by atoms with E-state index in [1.165, 1.54) is 26.4 Å². The summed E-state index contributed by atoms with van der Waals surface area (Å²) in [6, 6.07) is 12.1. The normalized spacial score (nSPS) is 10.3. The summed E-state index contributed by atoms with van der Waals surface area (Å²) < 4.78 is 10.2. The summed E-state index contributed by atoms with van der Waals surface area (Å²) in [7, 11) is 2.94. The number of ether oxygens (including phenoxy) is 2. The van der Waals surface area contributed by atoms with Crippen molar-refractivity contribution in [2.24, 2.45) is 0 Å². The number of benzene rings is 2. The summed E-state index contributed by atoms with van der Waals surface area (Å²) in [4.78, 5) is 43.5. The predicted molar refractivity (Wildman–Crippen MR) is 108 cm³/mol. The number of carbonyl (C=O) groups is 3. The molecule has 10 nitrogen and oxygen atoms in total. The first-order valence-electron chi connectivity index (χ1n) is 9.01. The van der Waals surface area contributed by atoms with Crippen molar-refractivity contribution in [1.82, 2.24) is 26.1 Å². The number of nitrogens with one attached hydrogen (secondary N) is 4. The van der Waals surface area contributed by atoms with Gasteiger partial charge in [-0.05, 0) is 24.3 Å². The van der Waals surface area contributed by atoms with Gasteiger partial charge in [0.1, 0.15) is 17.3 Å². The number of imidazole rings is 1. The Labute approximate surface area is 171 Å². The lowest BCUT2D eigenvalue weighted by Crippen LogP contribution is -2.46. The number of aromatic nitrogens is 2. The minimum absolute atomic E-state index is 0.0368. The van der Waals surface area contributed by atoms with Crippen LogP contribution in [0.4, 0.5) is 0 Å². The van der Waals surface area contributed by atoms with Crippen molar-refractivity contribution < 1.29 is 23.9 Å². The van der Waals surface area contributed by atoms with E-state index in [4.69, 9.17) is 9.47 Å². The molecule has 0 radical (unpaired) electrons. The van der Waals surface area contributed by atoms with Gasteiger partial charge in [-0.3, -0.25) is 25.2 Å². The molecular weight excluding hydrogens is 390 g/mol. The average Bonchev–Trinajstić information content (AvgIpc) is 3.17. The van der Waals surface area contributed by atoms with Gasteiger partial charge in [0.25, 0.3) is 11.8 Å². The van der Waals surface area contributed by atoms with Crippen LogP contribution in [-0.4, -0.2) is 48.5 Å². The maximum Gasteiger partial charge on any atom is 0.257 e. The first kappa shape index (κ1) is 20.6. The van der Waals surface area contributed by atoms with Gasteiger partial charge in [0.15, 0.2) is 0 Å². The number of para-hydroxylation sites is 2. The summed E-state index contributed by atoms with van der Waals surface area (Å²) in [5, 5.41) is 2.46. The molecule has 0 saturated heterocycles. The number of carbonyl (C=O) groups excluding carboxylic acids is 3. The number of amides is 3. The Balaban J connectivity index is 1.46. The first-order chi connectivity index (χ1) is 14.5. The molecule has 4 N–H and O–H groups in total. The van der Waals surface area contributed by atoms with Gasteiger partial charge < -0.3 is 19.8 Å². The number of nitrogens with zero attached hydrogens (tertiary/aromatic N) is 1. The number of hydrogen-bond donors (Lipinski definition) is 4. The smallest absolute Gasteiger partial charge is 0.257 e. The minimum atomic E-state index is -0.587. The minimum Gasteiger partial charge on any atom is -0.497 e. The number of hydrogen-bond acceptors (Lipinski definition) is 6. The molecule has 0 aliphatic heterocycles. The molecule has 0 bridgehead atoms. The lowest BCUT2D eigenvalue weighted by molar-refractivity contribution is -0.128. The van der Waals surface area contributed by atoms with E-state index in [9.17, 15) is 14.4 Å². The summed E-state index contributed by atoms with van der Waals surface area (Å²) in [5.74, 6) is -0.162. The van der Waals surface area contributed by atoms with Crippen molar-refractivity contribution in [3.8, 4) is 11.5 Å². The maximum absolute atomic E-state index is 12.2. The molecule has 0 aliphatic rings. The van der Waals surface area contributed by atoms with Crippen molar-refractivity contribution >= 4 is 28.8 Å². The predicted octanol–water partition coefficient (Wildman–Crippen LogP) is 0.700. The van der Waals surface area contributed by atoms with E-state index in [0.29, 0.717) is 17.3 Å². The van der Waals surface area contributed by atoms with Crippen LogP contribution in [0.3, 0.4) is 0 Å². The highest BCUT2D eigenvalue weighted by atomic mass is 16.5. The largest absolute Gasteiger partial charge is 0.497 e. The molecule has 1 heterocycles. The average molecular weight is 411 g/mol. The fraction of sp³-hybridized carbons (Fsp3) is 0.200. The molecule has 3 aromatic rings. The Bertz CT molecular complexity index is 1020. The van der Waals surface area contributed by atoms with Gasteiger partial charge in [0, 0.05) is 11.6 Å². The molecule has 1 aromatic heterocycles. The molecule has 156 valence electrons. The van der Waals surface area contributed by atoms with Crippen LogP contribution in [0.2, 0.25) is 0 Å². The zero-order chi connectivity index (χ0) is 21.5. The fourth-order valence-electron chi connectivity index (χ4n) is 2.67. The van der Waals surface area contributed by atoms with Gasteiger partial charge in [-0.1, -0.05) is 12.1 Å². The van der Waals surface area contributed by atoms with Crippen molar-refractivity contribution in [1.29, 1.82) is 0 Å². The zero-order valence-electron chi connectivity index (χ0n) is 16.4. The van der Waals surface area contributed by atoms with Crippen LogP contribution in [0, 0.1) is 0 Å². The Morgan fingerprint density at radius 1 is 0.967 bits per heavy atom. The highest BCUT2D eigenvalue weighted by Crippen LogP contribution is 2.22. The number of fused-ring (bicyclic) bond motifs is 1. The highest BCUT2D eigenvalue weighted by molar-refractivity contribution is 5.97. The lowest BCUT2D eigenvalue weighted by Gasteiger charge is -2.10. The van der Waals surface area contributed by atoms with Gasteiger partial charge in [-0.2, -0.15) is 0 Å². The second-order valence-electron chi connectivity index (χ2n) is 6.26. The standard InChI is InChI=1S/C20H21N5O5/c1-29-13-7-12(8-14(9-13)30-2)20(28)21-11-19(27)25-24-18(26)10-17-22-15-5-3-4-6-16(15)23-17/h3-9H,10-11H2,1-2H3,(H,21,28)(H,22,23)(H,24,26)(H,25,27). The molecule has 2 aromatic carbocycles. The van der Waals surface area contributed by atoms with Crippen molar-refractivity contribution in [3.05, 3.63) is 53.9 Å². The Morgan fingerprint density at radius 2 is 1.63 bits per heavy atom. The van der Waals surface area contributed by atoms with Crippen molar-refractivity contribution in [3.63, 3.8) is 0 Å². The number of methoxy groups -OCH3 is 2. The van der Waals surface area contributed by atoms with Crippen molar-refractivity contribution in [2.45, 2.75) is 6.42 Å². The summed E-state index contributed by atoms with van der Waals surface area (Å²) in [5.41, 5.74) is 6.37. The number of H-pyrrole nitrogens is 1. The Hall–Kier alpha value is -4.08. The second-order valence-corrected chi connectivity index (χ2v) is 6.26. The van der Waals surface area contributed by atoms with Crippen LogP contribution in [0.1, 0.15) is 16.2 Å². The number of hydrazine groups is 1. The van der Waals surface area contributed by atoms with Crippen LogP contribution < -0.4 is 25.6 Å². The quantitative estimate of drug-likeness (QED) is 0.423. The van der Waals surface area contributed by atoms with Crippen LogP contribution >= 0.6 is 0 Å². The molecular formula is C20H21N5O5. The van der Waals surface area contributed by atoms with E-state index in [1.807, 2.05) is 24.3 Å². The van der Waals surface area contributed by atoms with Gasteiger partial charge in [0.05, 0.1) is 38.2 Å². The molecule has 0 aliphatic carbocycles. The highest BCUT2D eigenvalue weighted by Gasteiger charge is 2.13. The zero-order valence-corrected chi connectivity index (χ0v) is 16.4. The number of rotatable bonds is 7. The summed E-state index contributed by atoms with van der Waals surface area (Å²) in [6.07, 6.45) is -0.0368. The van der Waals surface area contributed by atoms with Gasteiger partial charge >= 0.3 is 0 Å². The topological polar surface area (TPSA) is 134 Å². The summed E-state index contributed by atoms with van der Waals surface area (Å²) in [6.45, 7) is -0.330. The SMILES string of the molecule is COc1cc(OC)cc(C(=O)NCC(=O)NNC(=O)Cc2nc3ccccc3[nH]2)c1. The third kappa shape index (κ3) is 5.25. The van der Waals surface area contributed by atoms with E-state index in [0.717, 1.165) is 11.0 Å². The molecule has 0 unspecified atom stereocenters. The first-order valence-corrected chi connectivity index (χ1v) is 9.01. The maximum atomic E-state index is 12.2. The van der Waals surface area contributed by atoms with E-state index in [1.54, 1.807) is 6.07 Å². The molecule has 0 fully saturated rings. The third-order valence-corrected chi connectivity index (χ3v) is 4.13. The van der Waals surface area contributed by atoms with Gasteiger partial charge in [0.2, 0.25) is 5.91 Å². The van der Waals surface area contributed by atoms with Crippen molar-refractivity contribution in [2.75, 3.05) is 20.8 Å². The van der Waals surface area contributed by atoms with Gasteiger partial charge in [-0.15, -0.1) is 0 Å². The molecule has 0 saturated carbocycles. The summed E-state index contributed by atoms with van der Waals surface area (Å²) >= 11 is 0. The Kier molecular flexibility index (Phi) is 6.48. The number of aromatic amines is 1. The van der Waals surface area contributed by atoms with Crippen LogP contribution in [-0.2, 0) is 16.0 Å². The second kappa shape index (κ2) is 9.41. The molecule has 3 rings (SSSR count). The van der Waals surface area contributed by atoms with E-state index < -0.39 is 17.7 Å². The third-order valence-electron chi connectivity index (χ3n) is 4.13. The molecule has 10 heteroatoms. The van der Waals surface area contributed by atoms with E-state index >= 15 is 0 Å². The van der Waals surface area contributed by atoms with Crippen LogP contribution in [0.5, 0.6) is 11.5 Å².